The normalized spacial score (nSPS) is 35.7. The molecule has 3 aliphatic heterocycles. The molecule has 1 aliphatic carbocycles. The van der Waals surface area contributed by atoms with Gasteiger partial charge in [0.25, 0.3) is 0 Å². The summed E-state index contributed by atoms with van der Waals surface area (Å²) in [6.07, 6.45) is 7.49. The fraction of sp³-hybridized carbons (Fsp3) is 0.652. The Morgan fingerprint density at radius 3 is 2.93 bits per heavy atom. The molecule has 4 aliphatic rings. The van der Waals surface area contributed by atoms with Crippen molar-refractivity contribution >= 4 is 15.9 Å². The zero-order chi connectivity index (χ0) is 20.2. The second-order valence-corrected chi connectivity index (χ2v) is 10.4. The first-order valence-corrected chi connectivity index (χ1v) is 11.7. The molecule has 0 aromatic heterocycles. The van der Waals surface area contributed by atoms with Crippen molar-refractivity contribution in [1.82, 2.24) is 4.90 Å². The summed E-state index contributed by atoms with van der Waals surface area (Å²) in [4.78, 5) is 2.61. The number of hydrogen-bond acceptors (Lipinski definition) is 4. The molecule has 2 unspecified atom stereocenters. The number of ether oxygens (including phenoxy) is 2. The molecular weight excluding hydrogens is 432 g/mol. The van der Waals surface area contributed by atoms with E-state index in [0.29, 0.717) is 6.42 Å². The highest BCUT2D eigenvalue weighted by Crippen LogP contribution is 2.57. The summed E-state index contributed by atoms with van der Waals surface area (Å²) in [5.74, 6) is 1.64. The Labute approximate surface area is 182 Å². The van der Waals surface area contributed by atoms with Gasteiger partial charge in [-0.2, -0.15) is 0 Å². The predicted molar refractivity (Wildman–Crippen MR) is 114 cm³/mol. The number of likely N-dealkylation sites (tertiary alicyclic amines) is 1. The van der Waals surface area contributed by atoms with Crippen LogP contribution >= 0.6 is 15.9 Å². The summed E-state index contributed by atoms with van der Waals surface area (Å²) in [5.41, 5.74) is 2.39. The SMILES string of the molecule is COc1cc(Br)c2c3c1O[C@H]1C[C@@H]([O-])C=CC31CC[N+](C)(CCN1CCCC1)C2. The summed E-state index contributed by atoms with van der Waals surface area (Å²) in [6, 6.07) is 2.05. The summed E-state index contributed by atoms with van der Waals surface area (Å²) in [5, 5.41) is 12.3. The highest BCUT2D eigenvalue weighted by atomic mass is 79.9. The second kappa shape index (κ2) is 7.26. The molecule has 29 heavy (non-hydrogen) atoms. The first-order chi connectivity index (χ1) is 13.9. The van der Waals surface area contributed by atoms with Crippen LogP contribution < -0.4 is 14.6 Å². The molecule has 1 fully saturated rings. The lowest BCUT2D eigenvalue weighted by molar-refractivity contribution is -0.922. The average molecular weight is 463 g/mol. The number of methoxy groups -OCH3 is 1. The number of benzene rings is 1. The van der Waals surface area contributed by atoms with Gasteiger partial charge in [-0.05, 0) is 38.4 Å². The molecule has 4 atom stereocenters. The molecule has 0 radical (unpaired) electrons. The Kier molecular flexibility index (Phi) is 4.97. The molecule has 1 aromatic carbocycles. The molecule has 1 spiro atoms. The molecule has 158 valence electrons. The van der Waals surface area contributed by atoms with Crippen molar-refractivity contribution in [3.05, 3.63) is 33.8 Å². The van der Waals surface area contributed by atoms with Gasteiger partial charge in [0.2, 0.25) is 0 Å². The number of halogens is 1. The number of nitrogens with zero attached hydrogens (tertiary/aromatic N) is 2. The van der Waals surface area contributed by atoms with Gasteiger partial charge in [-0.3, -0.25) is 4.90 Å². The van der Waals surface area contributed by atoms with Crippen molar-refractivity contribution in [3.8, 4) is 11.5 Å². The van der Waals surface area contributed by atoms with Crippen LogP contribution in [0.3, 0.4) is 0 Å². The minimum Gasteiger partial charge on any atom is -0.849 e. The minimum absolute atomic E-state index is 0.0860. The van der Waals surface area contributed by atoms with Gasteiger partial charge in [-0.1, -0.05) is 22.0 Å². The monoisotopic (exact) mass is 462 g/mol. The van der Waals surface area contributed by atoms with Crippen molar-refractivity contribution < 1.29 is 19.1 Å². The zero-order valence-electron chi connectivity index (χ0n) is 17.5. The van der Waals surface area contributed by atoms with Gasteiger partial charge >= 0.3 is 0 Å². The summed E-state index contributed by atoms with van der Waals surface area (Å²) in [7, 11) is 4.09. The van der Waals surface area contributed by atoms with Gasteiger partial charge < -0.3 is 19.1 Å². The molecule has 0 saturated carbocycles. The maximum Gasteiger partial charge on any atom is 0.166 e. The van der Waals surface area contributed by atoms with Crippen molar-refractivity contribution in [2.45, 2.75) is 49.9 Å². The van der Waals surface area contributed by atoms with Gasteiger partial charge in [0, 0.05) is 28.6 Å². The summed E-state index contributed by atoms with van der Waals surface area (Å²) >= 11 is 3.85. The van der Waals surface area contributed by atoms with Crippen molar-refractivity contribution in [3.63, 3.8) is 0 Å². The molecular formula is C23H31BrN2O3. The van der Waals surface area contributed by atoms with E-state index in [0.717, 1.165) is 53.1 Å². The molecule has 5 rings (SSSR count). The topological polar surface area (TPSA) is 44.8 Å². The molecule has 5 nitrogen and oxygen atoms in total. The summed E-state index contributed by atoms with van der Waals surface area (Å²) in [6.45, 7) is 6.88. The van der Waals surface area contributed by atoms with Crippen LogP contribution in [0.1, 0.15) is 36.8 Å². The second-order valence-electron chi connectivity index (χ2n) is 9.55. The Bertz CT molecular complexity index is 838. The molecule has 1 aromatic rings. The van der Waals surface area contributed by atoms with E-state index in [2.05, 4.69) is 34.0 Å². The largest absolute Gasteiger partial charge is 0.849 e. The molecule has 0 bridgehead atoms. The quantitative estimate of drug-likeness (QED) is 0.509. The molecule has 1 saturated heterocycles. The smallest absolute Gasteiger partial charge is 0.166 e. The van der Waals surface area contributed by atoms with E-state index in [1.807, 2.05) is 12.1 Å². The lowest BCUT2D eigenvalue weighted by Crippen LogP contribution is -2.50. The van der Waals surface area contributed by atoms with E-state index in [9.17, 15) is 5.11 Å². The number of likely N-dealkylation sites (N-methyl/N-ethyl adjacent to an activating group) is 1. The van der Waals surface area contributed by atoms with Crippen LogP contribution in [-0.2, 0) is 12.0 Å². The molecule has 3 heterocycles. The van der Waals surface area contributed by atoms with Crippen LogP contribution in [0.5, 0.6) is 11.5 Å². The molecule has 0 N–H and O–H groups in total. The van der Waals surface area contributed by atoms with Gasteiger partial charge in [0.1, 0.15) is 12.6 Å². The fourth-order valence-corrected chi connectivity index (χ4v) is 6.39. The maximum atomic E-state index is 12.3. The number of quaternary nitrogens is 1. The van der Waals surface area contributed by atoms with Crippen LogP contribution in [-0.4, -0.2) is 68.5 Å². The van der Waals surface area contributed by atoms with Gasteiger partial charge in [-0.15, -0.1) is 12.2 Å². The van der Waals surface area contributed by atoms with Crippen LogP contribution in [0.25, 0.3) is 0 Å². The number of rotatable bonds is 4. The third-order valence-electron chi connectivity index (χ3n) is 7.63. The zero-order valence-corrected chi connectivity index (χ0v) is 19.0. The van der Waals surface area contributed by atoms with Crippen LogP contribution in [0.2, 0.25) is 0 Å². The van der Waals surface area contributed by atoms with E-state index in [1.165, 1.54) is 37.1 Å². The van der Waals surface area contributed by atoms with Crippen LogP contribution in [0.4, 0.5) is 0 Å². The highest BCUT2D eigenvalue weighted by Gasteiger charge is 2.54. The highest BCUT2D eigenvalue weighted by molar-refractivity contribution is 9.10. The third kappa shape index (κ3) is 3.23. The summed E-state index contributed by atoms with van der Waals surface area (Å²) < 4.78 is 14.2. The van der Waals surface area contributed by atoms with Gasteiger partial charge in [0.05, 0.1) is 32.7 Å². The average Bonchev–Trinajstić information content (AvgIpc) is 3.30. The van der Waals surface area contributed by atoms with E-state index in [1.54, 1.807) is 7.11 Å². The van der Waals surface area contributed by atoms with Crippen molar-refractivity contribution in [2.24, 2.45) is 0 Å². The van der Waals surface area contributed by atoms with Crippen molar-refractivity contribution in [1.29, 1.82) is 0 Å². The van der Waals surface area contributed by atoms with E-state index in [-0.39, 0.29) is 11.5 Å². The minimum atomic E-state index is -0.683. The van der Waals surface area contributed by atoms with Crippen molar-refractivity contribution in [2.75, 3.05) is 46.9 Å². The Balaban J connectivity index is 1.56. The van der Waals surface area contributed by atoms with E-state index >= 15 is 0 Å². The number of hydrogen-bond donors (Lipinski definition) is 0. The predicted octanol–water partition coefficient (Wildman–Crippen LogP) is 2.59. The van der Waals surface area contributed by atoms with Gasteiger partial charge in [0.15, 0.2) is 11.5 Å². The fourth-order valence-electron chi connectivity index (χ4n) is 5.85. The van der Waals surface area contributed by atoms with E-state index in [4.69, 9.17) is 9.47 Å². The standard InChI is InChI=1S/C23H31BrN2O3/c1-26(12-10-25-8-3-4-9-25)11-7-23-6-5-16(27)13-20(23)29-22-19(28-2)14-18(24)17(15-26)21(22)23/h5-6,14,16,20H,3-4,7-13,15H2,1-2H3/t16-,20-,23?,26?/m0/s1. The first-order valence-electron chi connectivity index (χ1n) is 10.9. The lowest BCUT2D eigenvalue weighted by Gasteiger charge is -2.40. The van der Waals surface area contributed by atoms with Crippen LogP contribution in [0, 0.1) is 0 Å². The first kappa shape index (κ1) is 19.9. The van der Waals surface area contributed by atoms with E-state index < -0.39 is 6.10 Å². The Morgan fingerprint density at radius 1 is 1.38 bits per heavy atom. The lowest BCUT2D eigenvalue weighted by atomic mass is 9.69. The Morgan fingerprint density at radius 2 is 2.17 bits per heavy atom. The third-order valence-corrected chi connectivity index (χ3v) is 8.34. The Hall–Kier alpha value is -1.08. The van der Waals surface area contributed by atoms with Crippen LogP contribution in [0.15, 0.2) is 22.7 Å². The molecule has 0 amide bonds. The molecule has 6 heteroatoms. The van der Waals surface area contributed by atoms with Gasteiger partial charge in [-0.25, -0.2) is 0 Å². The maximum absolute atomic E-state index is 12.3.